The lowest BCUT2D eigenvalue weighted by Gasteiger charge is -2.14. The van der Waals surface area contributed by atoms with E-state index in [1.54, 1.807) is 17.0 Å². The van der Waals surface area contributed by atoms with E-state index in [1.165, 1.54) is 23.9 Å². The molecule has 0 unspecified atom stereocenters. The second-order valence-electron chi connectivity index (χ2n) is 6.44. The van der Waals surface area contributed by atoms with Crippen LogP contribution in [0.1, 0.15) is 24.0 Å². The molecule has 1 aliphatic rings. The zero-order valence-corrected chi connectivity index (χ0v) is 17.0. The van der Waals surface area contributed by atoms with E-state index >= 15 is 0 Å². The van der Waals surface area contributed by atoms with Crippen LogP contribution in [-0.4, -0.2) is 32.7 Å². The molecule has 1 heterocycles. The highest BCUT2D eigenvalue weighted by Crippen LogP contribution is 2.32. The number of nitrogens with zero attached hydrogens (tertiary/aromatic N) is 1. The highest BCUT2D eigenvalue weighted by Gasteiger charge is 2.31. The number of aryl methyl sites for hydroxylation is 1. The van der Waals surface area contributed by atoms with E-state index in [-0.39, 0.29) is 24.0 Å². The third-order valence-electron chi connectivity index (χ3n) is 4.19. The Labute approximate surface area is 173 Å². The van der Waals surface area contributed by atoms with Gasteiger partial charge in [-0.15, -0.1) is 0 Å². The van der Waals surface area contributed by atoms with Crippen LogP contribution in [0.5, 0.6) is 5.75 Å². The van der Waals surface area contributed by atoms with Crippen LogP contribution in [-0.2, 0) is 9.59 Å². The van der Waals surface area contributed by atoms with Crippen molar-refractivity contribution in [3.05, 3.63) is 64.6 Å². The molecule has 1 aliphatic heterocycles. The number of hydrogen-bond acceptors (Lipinski definition) is 5. The molecule has 0 aromatic heterocycles. The number of benzene rings is 2. The number of phenolic OH excluding ortho intramolecular Hbond substituents is 1. The van der Waals surface area contributed by atoms with Gasteiger partial charge in [-0.25, -0.2) is 0 Å². The van der Waals surface area contributed by atoms with Crippen molar-refractivity contribution >= 4 is 51.9 Å². The SMILES string of the molecule is Cc1ccc(/C=C2/SC(=S)N(CCCC(=O)Nc3ccc(O)cc3)C2=O)cc1. The third kappa shape index (κ3) is 5.21. The van der Waals surface area contributed by atoms with E-state index in [2.05, 4.69) is 5.32 Å². The molecule has 0 spiro atoms. The molecule has 3 rings (SSSR count). The summed E-state index contributed by atoms with van der Waals surface area (Å²) in [6.45, 7) is 2.42. The second-order valence-corrected chi connectivity index (χ2v) is 8.12. The van der Waals surface area contributed by atoms with Crippen LogP contribution in [0, 0.1) is 6.92 Å². The van der Waals surface area contributed by atoms with Crippen molar-refractivity contribution in [1.82, 2.24) is 4.90 Å². The average molecular weight is 413 g/mol. The molecule has 7 heteroatoms. The van der Waals surface area contributed by atoms with Gasteiger partial charge in [0, 0.05) is 18.7 Å². The van der Waals surface area contributed by atoms with Crippen molar-refractivity contribution in [2.24, 2.45) is 0 Å². The number of aromatic hydroxyl groups is 1. The Bertz CT molecular complexity index is 922. The molecule has 0 saturated carbocycles. The molecule has 0 aliphatic carbocycles. The number of thiocarbonyl (C=S) groups is 1. The number of nitrogens with one attached hydrogen (secondary N) is 1. The van der Waals surface area contributed by atoms with E-state index in [0.717, 1.165) is 11.1 Å². The summed E-state index contributed by atoms with van der Waals surface area (Å²) in [4.78, 5) is 26.8. The maximum absolute atomic E-state index is 12.6. The highest BCUT2D eigenvalue weighted by atomic mass is 32.2. The smallest absolute Gasteiger partial charge is 0.266 e. The minimum Gasteiger partial charge on any atom is -0.508 e. The Morgan fingerprint density at radius 2 is 1.86 bits per heavy atom. The highest BCUT2D eigenvalue weighted by molar-refractivity contribution is 8.26. The summed E-state index contributed by atoms with van der Waals surface area (Å²) in [7, 11) is 0. The topological polar surface area (TPSA) is 69.6 Å². The van der Waals surface area contributed by atoms with Crippen LogP contribution in [0.3, 0.4) is 0 Å². The summed E-state index contributed by atoms with van der Waals surface area (Å²) in [5, 5.41) is 12.0. The first-order valence-electron chi connectivity index (χ1n) is 8.83. The van der Waals surface area contributed by atoms with Crippen LogP contribution < -0.4 is 5.32 Å². The Hall–Kier alpha value is -2.64. The van der Waals surface area contributed by atoms with E-state index in [9.17, 15) is 14.7 Å². The average Bonchev–Trinajstić information content (AvgIpc) is 2.93. The number of amides is 2. The van der Waals surface area contributed by atoms with Crippen molar-refractivity contribution in [3.63, 3.8) is 0 Å². The van der Waals surface area contributed by atoms with Crippen molar-refractivity contribution in [1.29, 1.82) is 0 Å². The second kappa shape index (κ2) is 9.03. The number of carbonyl (C=O) groups is 2. The maximum atomic E-state index is 12.6. The Morgan fingerprint density at radius 3 is 2.54 bits per heavy atom. The molecule has 1 fully saturated rings. The lowest BCUT2D eigenvalue weighted by atomic mass is 10.1. The predicted molar refractivity (Wildman–Crippen MR) is 117 cm³/mol. The normalized spacial score (nSPS) is 15.3. The summed E-state index contributed by atoms with van der Waals surface area (Å²) in [6.07, 6.45) is 2.62. The molecule has 144 valence electrons. The molecule has 1 saturated heterocycles. The fourth-order valence-electron chi connectivity index (χ4n) is 2.67. The van der Waals surface area contributed by atoms with Gasteiger partial charge in [0.25, 0.3) is 5.91 Å². The maximum Gasteiger partial charge on any atom is 0.266 e. The number of thioether (sulfide) groups is 1. The van der Waals surface area contributed by atoms with Gasteiger partial charge in [0.05, 0.1) is 4.91 Å². The Morgan fingerprint density at radius 1 is 1.18 bits per heavy atom. The van der Waals surface area contributed by atoms with Crippen molar-refractivity contribution < 1.29 is 14.7 Å². The standard InChI is InChI=1S/C21H20N2O3S2/c1-14-4-6-15(7-5-14)13-18-20(26)23(21(27)28-18)12-2-3-19(25)22-16-8-10-17(24)11-9-16/h4-11,13,24H,2-3,12H2,1H3,(H,22,25)/b18-13+. The van der Waals surface area contributed by atoms with Gasteiger partial charge in [0.15, 0.2) is 0 Å². The van der Waals surface area contributed by atoms with Crippen molar-refractivity contribution in [3.8, 4) is 5.75 Å². The summed E-state index contributed by atoms with van der Waals surface area (Å²) < 4.78 is 0.516. The number of anilines is 1. The number of phenols is 1. The number of hydrogen-bond donors (Lipinski definition) is 2. The van der Waals surface area contributed by atoms with E-state index in [4.69, 9.17) is 12.2 Å². The van der Waals surface area contributed by atoms with Crippen LogP contribution in [0.25, 0.3) is 6.08 Å². The molecule has 2 aromatic carbocycles. The predicted octanol–water partition coefficient (Wildman–Crippen LogP) is 4.32. The van der Waals surface area contributed by atoms with Crippen molar-refractivity contribution in [2.45, 2.75) is 19.8 Å². The molecule has 0 bridgehead atoms. The Balaban J connectivity index is 1.52. The molecular weight excluding hydrogens is 392 g/mol. The molecule has 2 N–H and O–H groups in total. The lowest BCUT2D eigenvalue weighted by molar-refractivity contribution is -0.122. The zero-order chi connectivity index (χ0) is 20.1. The monoisotopic (exact) mass is 412 g/mol. The molecule has 5 nitrogen and oxygen atoms in total. The summed E-state index contributed by atoms with van der Waals surface area (Å²) in [5.41, 5.74) is 2.74. The minimum absolute atomic E-state index is 0.116. The fourth-order valence-corrected chi connectivity index (χ4v) is 3.98. The van der Waals surface area contributed by atoms with Crippen LogP contribution in [0.15, 0.2) is 53.4 Å². The first-order valence-corrected chi connectivity index (χ1v) is 10.1. The summed E-state index contributed by atoms with van der Waals surface area (Å²) in [6, 6.07) is 14.2. The van der Waals surface area contributed by atoms with E-state index in [1.807, 2.05) is 37.3 Å². The van der Waals surface area contributed by atoms with Crippen LogP contribution in [0.4, 0.5) is 5.69 Å². The van der Waals surface area contributed by atoms with Crippen molar-refractivity contribution in [2.75, 3.05) is 11.9 Å². The van der Waals surface area contributed by atoms with Gasteiger partial charge in [-0.2, -0.15) is 0 Å². The lowest BCUT2D eigenvalue weighted by Crippen LogP contribution is -2.29. The molecule has 2 amide bonds. The van der Waals surface area contributed by atoms with Gasteiger partial charge in [-0.05, 0) is 49.2 Å². The molecule has 0 atom stereocenters. The molecular formula is C21H20N2O3S2. The fraction of sp³-hybridized carbons (Fsp3) is 0.190. The zero-order valence-electron chi connectivity index (χ0n) is 15.3. The summed E-state index contributed by atoms with van der Waals surface area (Å²) >= 11 is 6.62. The molecule has 28 heavy (non-hydrogen) atoms. The van der Waals surface area contributed by atoms with Crippen LogP contribution in [0.2, 0.25) is 0 Å². The quantitative estimate of drug-likeness (QED) is 0.420. The van der Waals surface area contributed by atoms with E-state index in [0.29, 0.717) is 27.9 Å². The first-order chi connectivity index (χ1) is 13.4. The largest absolute Gasteiger partial charge is 0.508 e. The van der Waals surface area contributed by atoms with Gasteiger partial charge in [0.1, 0.15) is 10.1 Å². The molecule has 2 aromatic rings. The van der Waals surface area contributed by atoms with Gasteiger partial charge in [-0.1, -0.05) is 53.8 Å². The summed E-state index contributed by atoms with van der Waals surface area (Å²) in [5.74, 6) is -0.119. The van der Waals surface area contributed by atoms with Gasteiger partial charge in [0.2, 0.25) is 5.91 Å². The Kier molecular flexibility index (Phi) is 6.49. The van der Waals surface area contributed by atoms with Crippen LogP contribution >= 0.6 is 24.0 Å². The minimum atomic E-state index is -0.147. The van der Waals surface area contributed by atoms with Gasteiger partial charge >= 0.3 is 0 Å². The van der Waals surface area contributed by atoms with Gasteiger partial charge in [-0.3, -0.25) is 14.5 Å². The third-order valence-corrected chi connectivity index (χ3v) is 5.56. The van der Waals surface area contributed by atoms with E-state index < -0.39 is 0 Å². The first kappa shape index (κ1) is 20.1. The molecule has 0 radical (unpaired) electrons. The number of carbonyl (C=O) groups excluding carboxylic acids is 2. The number of rotatable bonds is 6. The van der Waals surface area contributed by atoms with Gasteiger partial charge < -0.3 is 10.4 Å².